The van der Waals surface area contributed by atoms with Gasteiger partial charge in [0.15, 0.2) is 0 Å². The molecule has 8 heteroatoms. The van der Waals surface area contributed by atoms with E-state index in [4.69, 9.17) is 4.42 Å². The van der Waals surface area contributed by atoms with E-state index in [9.17, 15) is 24.5 Å². The Morgan fingerprint density at radius 3 is 2.57 bits per heavy atom. The molecule has 3 rings (SSSR count). The van der Waals surface area contributed by atoms with E-state index in [2.05, 4.69) is 5.32 Å². The van der Waals surface area contributed by atoms with Crippen molar-refractivity contribution in [2.24, 2.45) is 5.92 Å². The number of amides is 2. The van der Waals surface area contributed by atoms with Gasteiger partial charge in [-0.05, 0) is 18.8 Å². The van der Waals surface area contributed by atoms with E-state index in [1.165, 1.54) is 0 Å². The van der Waals surface area contributed by atoms with E-state index in [1.807, 2.05) is 0 Å². The van der Waals surface area contributed by atoms with Crippen molar-refractivity contribution >= 4 is 17.5 Å². The lowest BCUT2D eigenvalue weighted by Gasteiger charge is -2.17. The van der Waals surface area contributed by atoms with Crippen LogP contribution in [-0.2, 0) is 17.6 Å². The zero-order valence-electron chi connectivity index (χ0n) is 12.4. The highest BCUT2D eigenvalue weighted by atomic mass is 16.6. The number of fused-ring (bicyclic) bond motifs is 1. The molecule has 2 aliphatic rings. The van der Waals surface area contributed by atoms with Crippen LogP contribution in [0.15, 0.2) is 9.21 Å². The maximum Gasteiger partial charge on any atom is 0.415 e. The predicted octanol–water partition coefficient (Wildman–Crippen LogP) is 1.48. The first kappa shape index (κ1) is 15.4. The normalized spacial score (nSPS) is 17.9. The summed E-state index contributed by atoms with van der Waals surface area (Å²) < 4.78 is 4.87. The summed E-state index contributed by atoms with van der Waals surface area (Å²) in [5.74, 6) is -0.938. The number of nitro groups is 1. The molecule has 0 saturated heterocycles. The summed E-state index contributed by atoms with van der Waals surface area (Å²) in [7, 11) is 0. The number of carbonyl (C=O) groups is 2. The maximum absolute atomic E-state index is 12.1. The number of hydrogen-bond donors (Lipinski definition) is 1. The third kappa shape index (κ3) is 2.88. The van der Waals surface area contributed by atoms with E-state index in [0.29, 0.717) is 12.3 Å². The zero-order chi connectivity index (χ0) is 16.6. The molecule has 2 amide bonds. The molecular formula is C15H16N2O6. The Hall–Kier alpha value is -2.51. The van der Waals surface area contributed by atoms with Gasteiger partial charge in [-0.15, -0.1) is 0 Å². The minimum Gasteiger partial charge on any atom is -0.421 e. The molecule has 122 valence electrons. The third-order valence-electron chi connectivity index (χ3n) is 4.54. The van der Waals surface area contributed by atoms with Gasteiger partial charge in [-0.25, -0.2) is 4.79 Å². The summed E-state index contributed by atoms with van der Waals surface area (Å²) in [4.78, 5) is 45.8. The smallest absolute Gasteiger partial charge is 0.415 e. The van der Waals surface area contributed by atoms with Gasteiger partial charge in [-0.3, -0.25) is 25.0 Å². The Kier molecular flexibility index (Phi) is 3.97. The first-order valence-electron chi connectivity index (χ1n) is 7.64. The first-order chi connectivity index (χ1) is 11.0. The highest BCUT2D eigenvalue weighted by Crippen LogP contribution is 2.32. The largest absolute Gasteiger partial charge is 0.421 e. The molecule has 0 atom stereocenters. The molecule has 1 N–H and O–H groups in total. The first-order valence-corrected chi connectivity index (χ1v) is 7.64. The zero-order valence-corrected chi connectivity index (χ0v) is 12.4. The maximum atomic E-state index is 12.1. The molecule has 0 spiro atoms. The Balaban J connectivity index is 2.05. The van der Waals surface area contributed by atoms with Gasteiger partial charge in [-0.2, -0.15) is 0 Å². The molecule has 8 nitrogen and oxygen atoms in total. The van der Waals surface area contributed by atoms with Crippen molar-refractivity contribution < 1.29 is 18.9 Å². The number of hydrogen-bond acceptors (Lipinski definition) is 6. The van der Waals surface area contributed by atoms with Crippen molar-refractivity contribution in [3.05, 3.63) is 37.4 Å². The second-order valence-corrected chi connectivity index (χ2v) is 6.02. The average Bonchev–Trinajstić information content (AvgIpc) is 2.96. The molecule has 1 aromatic heterocycles. The lowest BCUT2D eigenvalue weighted by molar-refractivity contribution is -0.388. The summed E-state index contributed by atoms with van der Waals surface area (Å²) in [5, 5.41) is 13.4. The van der Waals surface area contributed by atoms with Crippen molar-refractivity contribution in [3.8, 4) is 0 Å². The molecule has 1 fully saturated rings. The third-order valence-corrected chi connectivity index (χ3v) is 4.54. The molecule has 0 unspecified atom stereocenters. The number of rotatable bonds is 4. The highest BCUT2D eigenvalue weighted by molar-refractivity contribution is 6.10. The van der Waals surface area contributed by atoms with Gasteiger partial charge >= 0.3 is 11.3 Å². The molecule has 0 bridgehead atoms. The summed E-state index contributed by atoms with van der Waals surface area (Å²) in [6, 6.07) is 0. The SMILES string of the molecule is O=C1Cc2oc(=O)c([N+](=O)[O-])c(CCC3CCCC3)c2C(=O)N1. The summed E-state index contributed by atoms with van der Waals surface area (Å²) >= 11 is 0. The standard InChI is InChI=1S/C15H16N2O6/c18-11-7-10-12(14(19)16-11)9(6-5-8-3-1-2-4-8)13(17(21)22)15(20)23-10/h8H,1-7H2,(H,16,18,19). The molecule has 1 aliphatic heterocycles. The number of imide groups is 1. The van der Waals surface area contributed by atoms with Crippen LogP contribution in [0.25, 0.3) is 0 Å². The fourth-order valence-corrected chi connectivity index (χ4v) is 3.46. The Morgan fingerprint density at radius 2 is 1.91 bits per heavy atom. The van der Waals surface area contributed by atoms with Gasteiger partial charge in [0.2, 0.25) is 5.91 Å². The van der Waals surface area contributed by atoms with Crippen LogP contribution in [0.2, 0.25) is 0 Å². The summed E-state index contributed by atoms with van der Waals surface area (Å²) in [6.45, 7) is 0. The molecule has 1 aliphatic carbocycles. The monoisotopic (exact) mass is 320 g/mol. The van der Waals surface area contributed by atoms with E-state index in [1.54, 1.807) is 0 Å². The van der Waals surface area contributed by atoms with Crippen molar-refractivity contribution in [1.82, 2.24) is 5.32 Å². The second kappa shape index (κ2) is 5.94. The number of carbonyl (C=O) groups excluding carboxylic acids is 2. The van der Waals surface area contributed by atoms with Gasteiger partial charge in [0.25, 0.3) is 5.91 Å². The Labute approximate surface area is 131 Å². The van der Waals surface area contributed by atoms with Crippen molar-refractivity contribution in [2.45, 2.75) is 44.9 Å². The number of nitrogens with one attached hydrogen (secondary N) is 1. The van der Waals surface area contributed by atoms with Crippen LogP contribution in [0, 0.1) is 16.0 Å². The second-order valence-electron chi connectivity index (χ2n) is 6.02. The van der Waals surface area contributed by atoms with Gasteiger partial charge in [0.1, 0.15) is 5.76 Å². The average molecular weight is 320 g/mol. The van der Waals surface area contributed by atoms with Crippen molar-refractivity contribution in [1.29, 1.82) is 0 Å². The summed E-state index contributed by atoms with van der Waals surface area (Å²) in [5.41, 5.74) is -1.71. The predicted molar refractivity (Wildman–Crippen MR) is 78.1 cm³/mol. The van der Waals surface area contributed by atoms with E-state index >= 15 is 0 Å². The van der Waals surface area contributed by atoms with Gasteiger partial charge < -0.3 is 4.42 Å². The molecule has 23 heavy (non-hydrogen) atoms. The Bertz CT molecular complexity index is 745. The van der Waals surface area contributed by atoms with Crippen molar-refractivity contribution in [2.75, 3.05) is 0 Å². The highest BCUT2D eigenvalue weighted by Gasteiger charge is 2.35. The molecule has 0 aromatic carbocycles. The van der Waals surface area contributed by atoms with E-state index in [0.717, 1.165) is 25.7 Å². The van der Waals surface area contributed by atoms with Crippen LogP contribution in [0.3, 0.4) is 0 Å². The minimum atomic E-state index is -1.10. The van der Waals surface area contributed by atoms with Crippen LogP contribution >= 0.6 is 0 Å². The lowest BCUT2D eigenvalue weighted by atomic mass is 9.92. The minimum absolute atomic E-state index is 0.0195. The van der Waals surface area contributed by atoms with Crippen LogP contribution in [0.1, 0.15) is 53.8 Å². The van der Waals surface area contributed by atoms with Gasteiger partial charge in [-0.1, -0.05) is 25.7 Å². The van der Waals surface area contributed by atoms with Crippen LogP contribution < -0.4 is 10.9 Å². The van der Waals surface area contributed by atoms with Gasteiger partial charge in [0, 0.05) is 0 Å². The molecule has 1 aromatic rings. The lowest BCUT2D eigenvalue weighted by Crippen LogP contribution is -2.39. The topological polar surface area (TPSA) is 120 Å². The summed E-state index contributed by atoms with van der Waals surface area (Å²) in [6.07, 6.45) is 5.07. The van der Waals surface area contributed by atoms with E-state index < -0.39 is 28.1 Å². The number of nitrogens with zero attached hydrogens (tertiary/aromatic N) is 1. The van der Waals surface area contributed by atoms with Gasteiger partial charge in [0.05, 0.1) is 22.5 Å². The Morgan fingerprint density at radius 1 is 1.22 bits per heavy atom. The molecule has 1 saturated carbocycles. The molecule has 2 heterocycles. The fraction of sp³-hybridized carbons (Fsp3) is 0.533. The fourth-order valence-electron chi connectivity index (χ4n) is 3.46. The quantitative estimate of drug-likeness (QED) is 0.510. The molecule has 0 radical (unpaired) electrons. The van der Waals surface area contributed by atoms with Crippen LogP contribution in [-0.4, -0.2) is 16.7 Å². The van der Waals surface area contributed by atoms with Crippen LogP contribution in [0.4, 0.5) is 5.69 Å². The van der Waals surface area contributed by atoms with Crippen LogP contribution in [0.5, 0.6) is 0 Å². The molecular weight excluding hydrogens is 304 g/mol. The van der Waals surface area contributed by atoms with Crippen molar-refractivity contribution in [3.63, 3.8) is 0 Å². The van der Waals surface area contributed by atoms with E-state index in [-0.39, 0.29) is 29.7 Å².